The Morgan fingerprint density at radius 2 is 1.84 bits per heavy atom. The van der Waals surface area contributed by atoms with E-state index in [4.69, 9.17) is 4.74 Å². The van der Waals surface area contributed by atoms with Crippen molar-refractivity contribution >= 4 is 0 Å². The molecule has 0 saturated heterocycles. The molecule has 2 aromatic rings. The van der Waals surface area contributed by atoms with Gasteiger partial charge in [0.05, 0.1) is 6.10 Å². The van der Waals surface area contributed by atoms with Crippen molar-refractivity contribution in [2.24, 2.45) is 0 Å². The summed E-state index contributed by atoms with van der Waals surface area (Å²) in [4.78, 5) is 0. The molecule has 2 aromatic carbocycles. The summed E-state index contributed by atoms with van der Waals surface area (Å²) in [7, 11) is 1.78. The van der Waals surface area contributed by atoms with Crippen LogP contribution >= 0.6 is 0 Å². The standard InChI is InChI=1S/C15H16FNO2/c1-17-10-14(18)11-6-8-12(9-7-11)19-15-5-3-2-4-13(15)16/h2-9,14,17-18H,10H2,1H3. The molecule has 1 atom stereocenters. The van der Waals surface area contributed by atoms with Crippen molar-refractivity contribution < 1.29 is 14.2 Å². The summed E-state index contributed by atoms with van der Waals surface area (Å²) < 4.78 is 18.8. The number of rotatable bonds is 5. The highest BCUT2D eigenvalue weighted by Gasteiger charge is 2.07. The number of hydrogen-bond donors (Lipinski definition) is 2. The van der Waals surface area contributed by atoms with Gasteiger partial charge in [-0.05, 0) is 36.9 Å². The molecule has 0 heterocycles. The molecule has 4 heteroatoms. The Morgan fingerprint density at radius 3 is 2.47 bits per heavy atom. The first-order valence-electron chi connectivity index (χ1n) is 6.05. The second-order valence-electron chi connectivity index (χ2n) is 4.17. The van der Waals surface area contributed by atoms with Crippen LogP contribution in [0.4, 0.5) is 4.39 Å². The van der Waals surface area contributed by atoms with Crippen molar-refractivity contribution in [1.29, 1.82) is 0 Å². The van der Waals surface area contributed by atoms with Crippen LogP contribution in [0.5, 0.6) is 11.5 Å². The van der Waals surface area contributed by atoms with Gasteiger partial charge in [0.25, 0.3) is 0 Å². The molecule has 0 aromatic heterocycles. The van der Waals surface area contributed by atoms with Crippen LogP contribution in [0.2, 0.25) is 0 Å². The number of likely N-dealkylation sites (N-methyl/N-ethyl adjacent to an activating group) is 1. The fourth-order valence-corrected chi connectivity index (χ4v) is 1.72. The first-order valence-corrected chi connectivity index (χ1v) is 6.05. The van der Waals surface area contributed by atoms with E-state index in [2.05, 4.69) is 5.32 Å². The number of hydrogen-bond acceptors (Lipinski definition) is 3. The maximum Gasteiger partial charge on any atom is 0.165 e. The van der Waals surface area contributed by atoms with E-state index in [1.54, 1.807) is 49.5 Å². The number of aliphatic hydroxyl groups excluding tert-OH is 1. The number of halogens is 1. The molecule has 0 spiro atoms. The van der Waals surface area contributed by atoms with Gasteiger partial charge in [-0.25, -0.2) is 4.39 Å². The number of ether oxygens (including phenoxy) is 1. The van der Waals surface area contributed by atoms with Gasteiger partial charge >= 0.3 is 0 Å². The molecular weight excluding hydrogens is 245 g/mol. The summed E-state index contributed by atoms with van der Waals surface area (Å²) in [5.74, 6) is 0.318. The average molecular weight is 261 g/mol. The molecule has 0 aliphatic heterocycles. The number of para-hydroxylation sites is 1. The smallest absolute Gasteiger partial charge is 0.165 e. The topological polar surface area (TPSA) is 41.5 Å². The van der Waals surface area contributed by atoms with Crippen LogP contribution in [0.1, 0.15) is 11.7 Å². The maximum absolute atomic E-state index is 13.4. The Bertz CT molecular complexity index is 528. The highest BCUT2D eigenvalue weighted by molar-refractivity contribution is 5.34. The van der Waals surface area contributed by atoms with E-state index in [1.807, 2.05) is 0 Å². The van der Waals surface area contributed by atoms with E-state index < -0.39 is 11.9 Å². The third-order valence-corrected chi connectivity index (χ3v) is 2.73. The van der Waals surface area contributed by atoms with Crippen molar-refractivity contribution in [3.05, 3.63) is 59.9 Å². The third-order valence-electron chi connectivity index (χ3n) is 2.73. The third kappa shape index (κ3) is 3.53. The first-order chi connectivity index (χ1) is 9.20. The monoisotopic (exact) mass is 261 g/mol. The Kier molecular flexibility index (Phi) is 4.49. The minimum Gasteiger partial charge on any atom is -0.454 e. The lowest BCUT2D eigenvalue weighted by atomic mass is 10.1. The zero-order valence-electron chi connectivity index (χ0n) is 10.6. The molecule has 1 unspecified atom stereocenters. The van der Waals surface area contributed by atoms with Gasteiger partial charge in [-0.15, -0.1) is 0 Å². The van der Waals surface area contributed by atoms with Gasteiger partial charge in [0.2, 0.25) is 0 Å². The predicted octanol–water partition coefficient (Wildman–Crippen LogP) is 2.87. The van der Waals surface area contributed by atoms with Crippen LogP contribution in [-0.2, 0) is 0 Å². The molecule has 0 fully saturated rings. The molecule has 0 saturated carbocycles. The van der Waals surface area contributed by atoms with Crippen molar-refractivity contribution in [2.45, 2.75) is 6.10 Å². The molecule has 0 aliphatic rings. The Hall–Kier alpha value is -1.91. The van der Waals surface area contributed by atoms with Crippen LogP contribution in [0.25, 0.3) is 0 Å². The van der Waals surface area contributed by atoms with E-state index in [9.17, 15) is 9.50 Å². The van der Waals surface area contributed by atoms with Gasteiger partial charge < -0.3 is 15.2 Å². The molecule has 0 aliphatic carbocycles. The SMILES string of the molecule is CNCC(O)c1ccc(Oc2ccccc2F)cc1. The van der Waals surface area contributed by atoms with Crippen molar-refractivity contribution in [2.75, 3.05) is 13.6 Å². The second kappa shape index (κ2) is 6.31. The summed E-state index contributed by atoms with van der Waals surface area (Å²) in [5, 5.41) is 12.7. The Balaban J connectivity index is 2.09. The lowest BCUT2D eigenvalue weighted by molar-refractivity contribution is 0.177. The quantitative estimate of drug-likeness (QED) is 0.869. The largest absolute Gasteiger partial charge is 0.454 e. The Labute approximate surface area is 111 Å². The van der Waals surface area contributed by atoms with Crippen LogP contribution in [-0.4, -0.2) is 18.7 Å². The number of aliphatic hydroxyl groups is 1. The summed E-state index contributed by atoms with van der Waals surface area (Å²) in [5.41, 5.74) is 0.787. The highest BCUT2D eigenvalue weighted by Crippen LogP contribution is 2.25. The lowest BCUT2D eigenvalue weighted by Gasteiger charge is -2.11. The van der Waals surface area contributed by atoms with Gasteiger partial charge in [-0.2, -0.15) is 0 Å². The molecule has 2 N–H and O–H groups in total. The molecule has 100 valence electrons. The highest BCUT2D eigenvalue weighted by atomic mass is 19.1. The molecule has 0 radical (unpaired) electrons. The van der Waals surface area contributed by atoms with E-state index in [0.717, 1.165) is 5.56 Å². The van der Waals surface area contributed by atoms with E-state index in [0.29, 0.717) is 12.3 Å². The maximum atomic E-state index is 13.4. The lowest BCUT2D eigenvalue weighted by Crippen LogP contribution is -2.16. The zero-order chi connectivity index (χ0) is 13.7. The fourth-order valence-electron chi connectivity index (χ4n) is 1.72. The van der Waals surface area contributed by atoms with Gasteiger partial charge in [-0.3, -0.25) is 0 Å². The number of benzene rings is 2. The van der Waals surface area contributed by atoms with Gasteiger partial charge in [0.1, 0.15) is 5.75 Å². The van der Waals surface area contributed by atoms with Crippen LogP contribution in [0.15, 0.2) is 48.5 Å². The normalized spacial score (nSPS) is 12.2. The first kappa shape index (κ1) is 13.5. The van der Waals surface area contributed by atoms with Crippen LogP contribution in [0.3, 0.4) is 0 Å². The van der Waals surface area contributed by atoms with Crippen molar-refractivity contribution in [3.63, 3.8) is 0 Å². The minimum absolute atomic E-state index is 0.186. The van der Waals surface area contributed by atoms with Gasteiger partial charge in [0.15, 0.2) is 11.6 Å². The minimum atomic E-state index is -0.562. The average Bonchev–Trinajstić information content (AvgIpc) is 2.42. The molecular formula is C15H16FNO2. The van der Waals surface area contributed by atoms with Crippen LogP contribution in [0, 0.1) is 5.82 Å². The summed E-state index contributed by atoms with van der Waals surface area (Å²) in [6.07, 6.45) is -0.562. The summed E-state index contributed by atoms with van der Waals surface area (Å²) in [6, 6.07) is 13.2. The molecule has 2 rings (SSSR count). The van der Waals surface area contributed by atoms with E-state index in [-0.39, 0.29) is 5.75 Å². The zero-order valence-corrected chi connectivity index (χ0v) is 10.6. The van der Waals surface area contributed by atoms with Gasteiger partial charge in [-0.1, -0.05) is 24.3 Å². The summed E-state index contributed by atoms with van der Waals surface area (Å²) >= 11 is 0. The van der Waals surface area contributed by atoms with Crippen molar-refractivity contribution in [1.82, 2.24) is 5.32 Å². The van der Waals surface area contributed by atoms with Crippen molar-refractivity contribution in [3.8, 4) is 11.5 Å². The van der Waals surface area contributed by atoms with Crippen LogP contribution < -0.4 is 10.1 Å². The Morgan fingerprint density at radius 1 is 1.16 bits per heavy atom. The molecule has 3 nitrogen and oxygen atoms in total. The molecule has 19 heavy (non-hydrogen) atoms. The van der Waals surface area contributed by atoms with E-state index in [1.165, 1.54) is 6.07 Å². The second-order valence-corrected chi connectivity index (χ2v) is 4.17. The molecule has 0 amide bonds. The predicted molar refractivity (Wildman–Crippen MR) is 71.8 cm³/mol. The van der Waals surface area contributed by atoms with E-state index >= 15 is 0 Å². The fraction of sp³-hybridized carbons (Fsp3) is 0.200. The molecule has 0 bridgehead atoms. The van der Waals surface area contributed by atoms with Gasteiger partial charge in [0, 0.05) is 6.54 Å². The number of nitrogens with one attached hydrogen (secondary N) is 1. The summed E-state index contributed by atoms with van der Waals surface area (Å²) in [6.45, 7) is 0.480.